The maximum absolute atomic E-state index is 5.70. The van der Waals surface area contributed by atoms with Crippen molar-refractivity contribution in [1.29, 1.82) is 0 Å². The Morgan fingerprint density at radius 2 is 1.95 bits per heavy atom. The molecule has 0 aliphatic heterocycles. The molecular weight excluding hydrogens is 381 g/mol. The molecule has 0 bridgehead atoms. The van der Waals surface area contributed by atoms with Crippen LogP contribution in [0.25, 0.3) is 0 Å². The number of halogens is 1. The van der Waals surface area contributed by atoms with Gasteiger partial charge in [0.1, 0.15) is 12.8 Å². The number of para-hydroxylation sites is 2. The van der Waals surface area contributed by atoms with Gasteiger partial charge in [-0.25, -0.2) is 4.57 Å². The molecule has 0 aliphatic rings. The van der Waals surface area contributed by atoms with Gasteiger partial charge >= 0.3 is 5.95 Å². The lowest BCUT2D eigenvalue weighted by Gasteiger charge is -2.09. The molecule has 0 amide bonds. The molecular formula is C15H20IN3O2. The monoisotopic (exact) mass is 401 g/mol. The fraction of sp³-hybridized carbons (Fsp3) is 0.333. The number of nitrogens with zero attached hydrogens (tertiary/aromatic N) is 2. The Labute approximate surface area is 142 Å². The standard InChI is InChI=1S/C15H19N3O2.HI/c1-3-18-11-6-9-16-15(18)17-10-12-20-14-8-5-4-7-13(14)19-2;/h4-9,11H,3,10,12H2,1-2H3;1H. The van der Waals surface area contributed by atoms with E-state index in [1.807, 2.05) is 41.1 Å². The predicted molar refractivity (Wildman–Crippen MR) is 77.1 cm³/mol. The van der Waals surface area contributed by atoms with Crippen molar-refractivity contribution in [3.8, 4) is 11.5 Å². The number of aryl methyl sites for hydroxylation is 1. The van der Waals surface area contributed by atoms with Crippen LogP contribution < -0.4 is 43.3 Å². The molecule has 21 heavy (non-hydrogen) atoms. The number of rotatable bonds is 7. The van der Waals surface area contributed by atoms with E-state index in [4.69, 9.17) is 9.47 Å². The number of ether oxygens (including phenoxy) is 2. The van der Waals surface area contributed by atoms with Crippen molar-refractivity contribution < 1.29 is 38.0 Å². The average Bonchev–Trinajstić information content (AvgIpc) is 2.52. The summed E-state index contributed by atoms with van der Waals surface area (Å²) < 4.78 is 13.0. The summed E-state index contributed by atoms with van der Waals surface area (Å²) in [4.78, 5) is 4.30. The van der Waals surface area contributed by atoms with Crippen molar-refractivity contribution in [3.63, 3.8) is 0 Å². The van der Waals surface area contributed by atoms with Gasteiger partial charge in [0.25, 0.3) is 0 Å². The van der Waals surface area contributed by atoms with Crippen molar-refractivity contribution in [2.24, 2.45) is 0 Å². The number of nitrogens with one attached hydrogen (secondary N) is 1. The second kappa shape index (κ2) is 9.38. The molecule has 114 valence electrons. The van der Waals surface area contributed by atoms with E-state index in [2.05, 4.69) is 17.2 Å². The zero-order valence-electron chi connectivity index (χ0n) is 12.3. The molecule has 1 aromatic carbocycles. The zero-order valence-corrected chi connectivity index (χ0v) is 14.4. The van der Waals surface area contributed by atoms with Gasteiger partial charge in [-0.1, -0.05) is 17.1 Å². The summed E-state index contributed by atoms with van der Waals surface area (Å²) in [6, 6.07) is 9.54. The fourth-order valence-corrected chi connectivity index (χ4v) is 1.87. The van der Waals surface area contributed by atoms with Crippen molar-refractivity contribution in [1.82, 2.24) is 4.98 Å². The summed E-state index contributed by atoms with van der Waals surface area (Å²) in [6.45, 7) is 4.18. The van der Waals surface area contributed by atoms with Crippen molar-refractivity contribution >= 4 is 5.95 Å². The Bertz CT molecular complexity index is 502. The first-order valence-electron chi connectivity index (χ1n) is 6.69. The molecule has 5 nitrogen and oxygen atoms in total. The molecule has 0 atom stereocenters. The van der Waals surface area contributed by atoms with Gasteiger partial charge in [-0.2, -0.15) is 0 Å². The predicted octanol–water partition coefficient (Wildman–Crippen LogP) is -1.11. The highest BCUT2D eigenvalue weighted by Gasteiger charge is 2.08. The highest BCUT2D eigenvalue weighted by atomic mass is 127. The Kier molecular flexibility index (Phi) is 7.81. The molecule has 2 aromatic rings. The summed E-state index contributed by atoms with van der Waals surface area (Å²) in [7, 11) is 1.64. The highest BCUT2D eigenvalue weighted by Crippen LogP contribution is 2.25. The summed E-state index contributed by atoms with van der Waals surface area (Å²) >= 11 is 0. The zero-order chi connectivity index (χ0) is 14.2. The summed E-state index contributed by atoms with van der Waals surface area (Å²) in [5.41, 5.74) is 0. The van der Waals surface area contributed by atoms with Crippen molar-refractivity contribution in [2.45, 2.75) is 13.5 Å². The molecule has 0 unspecified atom stereocenters. The van der Waals surface area contributed by atoms with Crippen LogP contribution in [0, 0.1) is 0 Å². The van der Waals surface area contributed by atoms with Crippen LogP contribution in [-0.2, 0) is 6.54 Å². The number of methoxy groups -OCH3 is 1. The number of benzene rings is 1. The second-order valence-electron chi connectivity index (χ2n) is 4.16. The molecule has 0 saturated carbocycles. The first kappa shape index (κ1) is 17.5. The minimum atomic E-state index is 0. The van der Waals surface area contributed by atoms with Gasteiger partial charge in [0.05, 0.1) is 26.4 Å². The Morgan fingerprint density at radius 3 is 2.67 bits per heavy atom. The van der Waals surface area contributed by atoms with Gasteiger partial charge in [0.2, 0.25) is 0 Å². The second-order valence-corrected chi connectivity index (χ2v) is 4.16. The molecule has 0 saturated heterocycles. The molecule has 1 N–H and O–H groups in total. The minimum Gasteiger partial charge on any atom is -1.00 e. The van der Waals surface area contributed by atoms with Crippen molar-refractivity contribution in [2.75, 3.05) is 25.6 Å². The topological polar surface area (TPSA) is 47.3 Å². The van der Waals surface area contributed by atoms with Gasteiger partial charge in [0.15, 0.2) is 11.5 Å². The van der Waals surface area contributed by atoms with Crippen LogP contribution in [0.3, 0.4) is 0 Å². The van der Waals surface area contributed by atoms with Crippen molar-refractivity contribution in [3.05, 3.63) is 42.7 Å². The lowest BCUT2D eigenvalue weighted by Crippen LogP contribution is -3.00. The Balaban J connectivity index is 0.00000220. The largest absolute Gasteiger partial charge is 1.00 e. The molecule has 0 radical (unpaired) electrons. The maximum atomic E-state index is 5.70. The van der Waals surface area contributed by atoms with E-state index in [1.54, 1.807) is 13.3 Å². The molecule has 0 fully saturated rings. The third-order valence-electron chi connectivity index (χ3n) is 2.87. The smallest absolute Gasteiger partial charge is 0.391 e. The summed E-state index contributed by atoms with van der Waals surface area (Å²) in [6.07, 6.45) is 3.77. The number of hydrogen-bond donors (Lipinski definition) is 1. The molecule has 0 aliphatic carbocycles. The van der Waals surface area contributed by atoms with Crippen LogP contribution in [-0.4, -0.2) is 25.2 Å². The molecule has 0 spiro atoms. The van der Waals surface area contributed by atoms with Gasteiger partial charge in [-0.3, -0.25) is 5.32 Å². The van der Waals surface area contributed by atoms with E-state index < -0.39 is 0 Å². The maximum Gasteiger partial charge on any atom is 0.391 e. The van der Waals surface area contributed by atoms with E-state index in [1.165, 1.54) is 0 Å². The Morgan fingerprint density at radius 1 is 1.19 bits per heavy atom. The van der Waals surface area contributed by atoms with E-state index in [-0.39, 0.29) is 24.0 Å². The van der Waals surface area contributed by atoms with E-state index >= 15 is 0 Å². The third kappa shape index (κ3) is 5.04. The van der Waals surface area contributed by atoms with Crippen LogP contribution in [0.4, 0.5) is 5.95 Å². The van der Waals surface area contributed by atoms with Gasteiger partial charge in [-0.15, -0.1) is 0 Å². The average molecular weight is 401 g/mol. The molecule has 1 heterocycles. The Hall–Kier alpha value is -1.57. The number of aromatic nitrogens is 2. The number of anilines is 1. The van der Waals surface area contributed by atoms with E-state index in [0.717, 1.165) is 24.0 Å². The lowest BCUT2D eigenvalue weighted by atomic mass is 10.3. The quantitative estimate of drug-likeness (QED) is 0.364. The number of hydrogen-bond acceptors (Lipinski definition) is 4. The van der Waals surface area contributed by atoms with Crippen LogP contribution in [0.1, 0.15) is 6.92 Å². The summed E-state index contributed by atoms with van der Waals surface area (Å²) in [5.74, 6) is 2.34. The fourth-order valence-electron chi connectivity index (χ4n) is 1.87. The first-order valence-corrected chi connectivity index (χ1v) is 6.69. The first-order chi connectivity index (χ1) is 9.85. The molecule has 6 heteroatoms. The molecule has 2 rings (SSSR count). The van der Waals surface area contributed by atoms with Gasteiger partial charge in [-0.05, 0) is 19.1 Å². The van der Waals surface area contributed by atoms with E-state index in [9.17, 15) is 0 Å². The SMILES string of the molecule is CC[n+]1cccnc1NCCOc1ccccc1OC.[I-]. The van der Waals surface area contributed by atoms with Crippen LogP contribution in [0.2, 0.25) is 0 Å². The van der Waals surface area contributed by atoms with Crippen LogP contribution in [0.5, 0.6) is 11.5 Å². The van der Waals surface area contributed by atoms with Crippen LogP contribution >= 0.6 is 0 Å². The highest BCUT2D eigenvalue weighted by molar-refractivity contribution is 5.39. The third-order valence-corrected chi connectivity index (χ3v) is 2.87. The normalized spacial score (nSPS) is 9.62. The van der Waals surface area contributed by atoms with E-state index in [0.29, 0.717) is 13.2 Å². The van der Waals surface area contributed by atoms with Gasteiger partial charge < -0.3 is 33.5 Å². The molecule has 1 aromatic heterocycles. The minimum absolute atomic E-state index is 0. The van der Waals surface area contributed by atoms with Gasteiger partial charge in [0, 0.05) is 6.07 Å². The van der Waals surface area contributed by atoms with Crippen LogP contribution in [0.15, 0.2) is 42.7 Å². The summed E-state index contributed by atoms with van der Waals surface area (Å²) in [5, 5.41) is 3.26. The lowest BCUT2D eigenvalue weighted by molar-refractivity contribution is -0.682.